The molecule has 2 N–H and O–H groups in total. The molecule has 0 amide bonds. The molecule has 1 aromatic carbocycles. The summed E-state index contributed by atoms with van der Waals surface area (Å²) in [6.45, 7) is 2.38. The van der Waals surface area contributed by atoms with E-state index in [4.69, 9.17) is 5.73 Å². The van der Waals surface area contributed by atoms with Crippen LogP contribution in [0.2, 0.25) is 0 Å². The molecule has 0 bridgehead atoms. The van der Waals surface area contributed by atoms with Crippen molar-refractivity contribution in [1.82, 2.24) is 4.90 Å². The van der Waals surface area contributed by atoms with Crippen LogP contribution in [0.15, 0.2) is 18.2 Å². The summed E-state index contributed by atoms with van der Waals surface area (Å²) < 4.78 is 13.4. The van der Waals surface area contributed by atoms with Crippen molar-refractivity contribution in [2.75, 3.05) is 13.1 Å². The number of halogens is 1. The van der Waals surface area contributed by atoms with Crippen molar-refractivity contribution in [2.24, 2.45) is 11.7 Å². The summed E-state index contributed by atoms with van der Waals surface area (Å²) >= 11 is 0. The van der Waals surface area contributed by atoms with Gasteiger partial charge in [0.25, 0.3) is 0 Å². The van der Waals surface area contributed by atoms with Gasteiger partial charge in [0.2, 0.25) is 0 Å². The zero-order chi connectivity index (χ0) is 13.9. The summed E-state index contributed by atoms with van der Waals surface area (Å²) in [5.74, 6) is 6.50. The monoisotopic (exact) mass is 272 g/mol. The average Bonchev–Trinajstić information content (AvgIpc) is 3.30. The fraction of sp³-hybridized carbons (Fsp3) is 0.529. The van der Waals surface area contributed by atoms with Crippen LogP contribution in [-0.4, -0.2) is 24.0 Å². The molecule has 0 atom stereocenters. The molecule has 0 spiro atoms. The van der Waals surface area contributed by atoms with Crippen LogP contribution in [0.1, 0.15) is 36.8 Å². The second kappa shape index (κ2) is 5.95. The zero-order valence-electron chi connectivity index (χ0n) is 11.7. The molecule has 0 radical (unpaired) electrons. The molecule has 0 saturated heterocycles. The highest BCUT2D eigenvalue weighted by molar-refractivity contribution is 5.42. The molecule has 2 aliphatic carbocycles. The molecule has 2 fully saturated rings. The Hall–Kier alpha value is -1.37. The fourth-order valence-corrected chi connectivity index (χ4v) is 2.58. The molecule has 20 heavy (non-hydrogen) atoms. The van der Waals surface area contributed by atoms with Crippen LogP contribution in [0.25, 0.3) is 0 Å². The maximum atomic E-state index is 13.4. The third-order valence-electron chi connectivity index (χ3n) is 4.02. The lowest BCUT2D eigenvalue weighted by Gasteiger charge is -2.22. The Kier molecular flexibility index (Phi) is 4.05. The Morgan fingerprint density at radius 2 is 2.05 bits per heavy atom. The number of nitrogens with two attached hydrogens (primary N) is 1. The maximum Gasteiger partial charge on any atom is 0.124 e. The van der Waals surface area contributed by atoms with Gasteiger partial charge in [-0.1, -0.05) is 17.9 Å². The quantitative estimate of drug-likeness (QED) is 0.835. The van der Waals surface area contributed by atoms with Crippen molar-refractivity contribution in [3.8, 4) is 11.8 Å². The lowest BCUT2D eigenvalue weighted by Crippen LogP contribution is -2.28. The molecule has 3 heteroatoms. The van der Waals surface area contributed by atoms with E-state index in [-0.39, 0.29) is 5.82 Å². The van der Waals surface area contributed by atoms with Gasteiger partial charge in [0.15, 0.2) is 0 Å². The first-order valence-corrected chi connectivity index (χ1v) is 7.47. The number of rotatable bonds is 5. The molecular weight excluding hydrogens is 251 g/mol. The summed E-state index contributed by atoms with van der Waals surface area (Å²) in [6.07, 6.45) is 5.34. The van der Waals surface area contributed by atoms with Crippen LogP contribution in [0, 0.1) is 23.6 Å². The minimum atomic E-state index is -0.227. The van der Waals surface area contributed by atoms with Gasteiger partial charge < -0.3 is 5.73 Å². The van der Waals surface area contributed by atoms with Gasteiger partial charge in [-0.15, -0.1) is 0 Å². The third kappa shape index (κ3) is 3.59. The van der Waals surface area contributed by atoms with Gasteiger partial charge in [0, 0.05) is 24.7 Å². The first-order valence-electron chi connectivity index (χ1n) is 7.47. The van der Waals surface area contributed by atoms with Crippen molar-refractivity contribution >= 4 is 0 Å². The van der Waals surface area contributed by atoms with E-state index >= 15 is 0 Å². The number of hydrogen-bond donors (Lipinski definition) is 1. The van der Waals surface area contributed by atoms with Gasteiger partial charge in [-0.2, -0.15) is 0 Å². The van der Waals surface area contributed by atoms with Gasteiger partial charge in [-0.05, 0) is 49.3 Å². The van der Waals surface area contributed by atoms with E-state index in [0.717, 1.165) is 29.6 Å². The summed E-state index contributed by atoms with van der Waals surface area (Å²) in [4.78, 5) is 2.55. The van der Waals surface area contributed by atoms with E-state index in [0.29, 0.717) is 6.54 Å². The van der Waals surface area contributed by atoms with Crippen molar-refractivity contribution in [1.29, 1.82) is 0 Å². The van der Waals surface area contributed by atoms with Crippen molar-refractivity contribution in [3.05, 3.63) is 35.1 Å². The average molecular weight is 272 g/mol. The molecule has 2 nitrogen and oxygen atoms in total. The Bertz CT molecular complexity index is 536. The van der Waals surface area contributed by atoms with Crippen molar-refractivity contribution < 1.29 is 4.39 Å². The fourth-order valence-electron chi connectivity index (χ4n) is 2.58. The minimum absolute atomic E-state index is 0.227. The second-order valence-corrected chi connectivity index (χ2v) is 5.91. The smallest absolute Gasteiger partial charge is 0.124 e. The van der Waals surface area contributed by atoms with E-state index in [9.17, 15) is 4.39 Å². The van der Waals surface area contributed by atoms with Crippen molar-refractivity contribution in [3.63, 3.8) is 0 Å². The van der Waals surface area contributed by atoms with Gasteiger partial charge in [-0.25, -0.2) is 4.39 Å². The Morgan fingerprint density at radius 3 is 2.70 bits per heavy atom. The lowest BCUT2D eigenvalue weighted by atomic mass is 10.1. The number of nitrogens with zero attached hydrogens (tertiary/aromatic N) is 1. The van der Waals surface area contributed by atoms with Crippen LogP contribution in [0.3, 0.4) is 0 Å². The Balaban J connectivity index is 1.76. The molecule has 3 rings (SSSR count). The van der Waals surface area contributed by atoms with Crippen LogP contribution in [0.5, 0.6) is 0 Å². The van der Waals surface area contributed by atoms with Gasteiger partial charge >= 0.3 is 0 Å². The second-order valence-electron chi connectivity index (χ2n) is 5.91. The molecule has 1 aromatic rings. The first-order chi connectivity index (χ1) is 9.76. The minimum Gasteiger partial charge on any atom is -0.320 e. The molecule has 2 aliphatic rings. The topological polar surface area (TPSA) is 29.3 Å². The Labute approximate surface area is 120 Å². The van der Waals surface area contributed by atoms with E-state index in [2.05, 4.69) is 16.7 Å². The number of hydrogen-bond acceptors (Lipinski definition) is 2. The first kappa shape index (κ1) is 13.6. The molecule has 106 valence electrons. The molecule has 0 aliphatic heterocycles. The summed E-state index contributed by atoms with van der Waals surface area (Å²) in [5, 5.41) is 0. The van der Waals surface area contributed by atoms with Gasteiger partial charge in [0.1, 0.15) is 5.82 Å². The van der Waals surface area contributed by atoms with E-state index in [1.165, 1.54) is 44.4 Å². The highest BCUT2D eigenvalue weighted by Crippen LogP contribution is 2.35. The molecule has 0 heterocycles. The predicted molar refractivity (Wildman–Crippen MR) is 78.5 cm³/mol. The highest BCUT2D eigenvalue weighted by Gasteiger charge is 2.33. The summed E-state index contributed by atoms with van der Waals surface area (Å²) in [7, 11) is 0. The normalized spacial score (nSPS) is 17.9. The molecule has 2 saturated carbocycles. The van der Waals surface area contributed by atoms with Crippen LogP contribution < -0.4 is 5.73 Å². The SMILES string of the molecule is NCC#Cc1cc(F)ccc1CN(CC1CC1)C1CC1. The van der Waals surface area contributed by atoms with Gasteiger partial charge in [-0.3, -0.25) is 4.90 Å². The van der Waals surface area contributed by atoms with Crippen LogP contribution in [0.4, 0.5) is 4.39 Å². The summed E-state index contributed by atoms with van der Waals surface area (Å²) in [5.41, 5.74) is 7.33. The van der Waals surface area contributed by atoms with Gasteiger partial charge in [0.05, 0.1) is 6.54 Å². The zero-order valence-corrected chi connectivity index (χ0v) is 11.7. The molecular formula is C17H21FN2. The largest absolute Gasteiger partial charge is 0.320 e. The van der Waals surface area contributed by atoms with Crippen LogP contribution in [-0.2, 0) is 6.54 Å². The third-order valence-corrected chi connectivity index (χ3v) is 4.02. The standard InChI is InChI=1S/C17H21FN2/c18-16-6-5-15(14(10-16)2-1-9-19)12-20(17-7-8-17)11-13-3-4-13/h5-6,10,13,17H,3-4,7-9,11-12,19H2. The predicted octanol–water partition coefficient (Wildman–Crippen LogP) is 2.51. The molecule has 0 aromatic heterocycles. The van der Waals surface area contributed by atoms with Crippen molar-refractivity contribution in [2.45, 2.75) is 38.3 Å². The highest BCUT2D eigenvalue weighted by atomic mass is 19.1. The lowest BCUT2D eigenvalue weighted by molar-refractivity contribution is 0.244. The van der Waals surface area contributed by atoms with E-state index in [1.54, 1.807) is 0 Å². The van der Waals surface area contributed by atoms with E-state index < -0.39 is 0 Å². The Morgan fingerprint density at radius 1 is 1.25 bits per heavy atom. The van der Waals surface area contributed by atoms with Crippen LogP contribution >= 0.6 is 0 Å². The maximum absolute atomic E-state index is 13.4. The number of benzene rings is 1. The summed E-state index contributed by atoms with van der Waals surface area (Å²) in [6, 6.07) is 5.67. The van der Waals surface area contributed by atoms with E-state index in [1.807, 2.05) is 6.07 Å². The molecule has 0 unspecified atom stereocenters.